The van der Waals surface area contributed by atoms with Crippen molar-refractivity contribution in [3.63, 3.8) is 0 Å². The number of fused-ring (bicyclic) bond motifs is 1. The highest BCUT2D eigenvalue weighted by Crippen LogP contribution is 2.39. The Morgan fingerprint density at radius 1 is 1.29 bits per heavy atom. The second kappa shape index (κ2) is 6.67. The largest absolute Gasteiger partial charge is 0.496 e. The third-order valence-electron chi connectivity index (χ3n) is 4.33. The minimum atomic E-state index is 0.619. The second-order valence-corrected chi connectivity index (χ2v) is 5.83. The van der Waals surface area contributed by atoms with Crippen LogP contribution in [0.3, 0.4) is 0 Å². The van der Waals surface area contributed by atoms with Gasteiger partial charge in [0.1, 0.15) is 5.75 Å². The van der Waals surface area contributed by atoms with E-state index in [1.54, 1.807) is 13.2 Å². The van der Waals surface area contributed by atoms with Crippen LogP contribution in [0.2, 0.25) is 0 Å². The van der Waals surface area contributed by atoms with Crippen LogP contribution in [-0.4, -0.2) is 23.5 Å². The molecule has 0 saturated heterocycles. The van der Waals surface area contributed by atoms with Crippen molar-refractivity contribution in [2.24, 2.45) is 0 Å². The maximum atomic E-state index is 9.25. The van der Waals surface area contributed by atoms with E-state index in [1.807, 2.05) is 24.4 Å². The van der Waals surface area contributed by atoms with Crippen LogP contribution in [0, 0.1) is 11.3 Å². The van der Waals surface area contributed by atoms with E-state index in [2.05, 4.69) is 35.7 Å². The number of nitriles is 1. The number of aromatic amines is 1. The molecule has 1 aliphatic heterocycles. The number of nitrogens with one attached hydrogen (secondary N) is 1. The molecule has 4 heteroatoms. The lowest BCUT2D eigenvalue weighted by molar-refractivity contribution is 0.413. The zero-order valence-corrected chi connectivity index (χ0v) is 14.1. The predicted octanol–water partition coefficient (Wildman–Crippen LogP) is 4.37. The van der Waals surface area contributed by atoms with Crippen LogP contribution in [0.5, 0.6) is 5.75 Å². The smallest absolute Gasteiger partial charge is 0.126 e. The monoisotopic (exact) mass is 319 g/mol. The minimum Gasteiger partial charge on any atom is -0.496 e. The molecule has 0 bridgehead atoms. The molecule has 1 aromatic carbocycles. The van der Waals surface area contributed by atoms with Crippen LogP contribution in [0.15, 0.2) is 43.2 Å². The molecule has 1 aliphatic rings. The first-order valence-corrected chi connectivity index (χ1v) is 8.13. The summed E-state index contributed by atoms with van der Waals surface area (Å²) in [5.41, 5.74) is 5.67. The molecule has 0 fully saturated rings. The fraction of sp³-hybridized carbons (Fsp3) is 0.250. The Bertz CT molecular complexity index is 839. The molecular formula is C20H21N3O. The molecule has 122 valence electrons. The summed E-state index contributed by atoms with van der Waals surface area (Å²) in [5.74, 6) is 0.760. The first kappa shape index (κ1) is 15.9. The van der Waals surface area contributed by atoms with E-state index in [9.17, 15) is 5.26 Å². The standard InChI is InChI=1S/C20H21N3O/c1-4-5-10-23-13-18(16-8-9-22-20(16)14(23)2)17-11-15(12-21)6-7-19(17)24-3/h6-9,11,13,22H,2,4-5,10H2,1,3H3. The molecule has 0 amide bonds. The van der Waals surface area contributed by atoms with E-state index in [4.69, 9.17) is 4.74 Å². The van der Waals surface area contributed by atoms with Gasteiger partial charge in [-0.2, -0.15) is 5.26 Å². The van der Waals surface area contributed by atoms with Crippen LogP contribution in [0.4, 0.5) is 0 Å². The fourth-order valence-electron chi connectivity index (χ4n) is 3.01. The number of aromatic nitrogens is 1. The predicted molar refractivity (Wildman–Crippen MR) is 96.2 cm³/mol. The number of benzene rings is 1. The van der Waals surface area contributed by atoms with Gasteiger partial charge in [-0.25, -0.2) is 0 Å². The van der Waals surface area contributed by atoms with Crippen molar-refractivity contribution in [1.29, 1.82) is 5.26 Å². The summed E-state index contributed by atoms with van der Waals surface area (Å²) in [6.45, 7) is 7.32. The van der Waals surface area contributed by atoms with Gasteiger partial charge in [0.05, 0.1) is 30.1 Å². The van der Waals surface area contributed by atoms with Gasteiger partial charge < -0.3 is 14.6 Å². The Hall–Kier alpha value is -2.93. The lowest BCUT2D eigenvalue weighted by atomic mass is 9.93. The highest BCUT2D eigenvalue weighted by Gasteiger charge is 2.24. The number of unbranched alkanes of at least 4 members (excludes halogenated alkanes) is 1. The summed E-state index contributed by atoms with van der Waals surface area (Å²) in [4.78, 5) is 5.47. The van der Waals surface area contributed by atoms with E-state index >= 15 is 0 Å². The molecule has 3 rings (SSSR count). The molecule has 2 heterocycles. The first-order chi connectivity index (χ1) is 11.7. The summed E-state index contributed by atoms with van der Waals surface area (Å²) < 4.78 is 5.53. The van der Waals surface area contributed by atoms with Gasteiger partial charge in [-0.3, -0.25) is 0 Å². The zero-order valence-electron chi connectivity index (χ0n) is 14.1. The van der Waals surface area contributed by atoms with Crippen LogP contribution in [0.1, 0.15) is 42.1 Å². The van der Waals surface area contributed by atoms with Gasteiger partial charge in [-0.1, -0.05) is 19.9 Å². The summed E-state index contributed by atoms with van der Waals surface area (Å²) >= 11 is 0. The normalized spacial score (nSPS) is 13.3. The van der Waals surface area contributed by atoms with Crippen molar-refractivity contribution in [3.05, 3.63) is 65.6 Å². The maximum absolute atomic E-state index is 9.25. The topological polar surface area (TPSA) is 52.1 Å². The number of hydrogen-bond donors (Lipinski definition) is 1. The molecule has 0 spiro atoms. The molecule has 24 heavy (non-hydrogen) atoms. The van der Waals surface area contributed by atoms with Crippen LogP contribution in [-0.2, 0) is 0 Å². The molecule has 1 N–H and O–H groups in total. The van der Waals surface area contributed by atoms with Crippen molar-refractivity contribution >= 4 is 11.3 Å². The van der Waals surface area contributed by atoms with Gasteiger partial charge in [-0.05, 0) is 30.7 Å². The molecule has 1 aromatic heterocycles. The number of hydrogen-bond acceptors (Lipinski definition) is 3. The van der Waals surface area contributed by atoms with E-state index in [-0.39, 0.29) is 0 Å². The average molecular weight is 319 g/mol. The van der Waals surface area contributed by atoms with Crippen molar-refractivity contribution < 1.29 is 4.74 Å². The summed E-state index contributed by atoms with van der Waals surface area (Å²) in [6.07, 6.45) is 6.26. The maximum Gasteiger partial charge on any atom is 0.126 e. The van der Waals surface area contributed by atoms with Crippen LogP contribution >= 0.6 is 0 Å². The Morgan fingerprint density at radius 3 is 2.83 bits per heavy atom. The zero-order chi connectivity index (χ0) is 17.1. The second-order valence-electron chi connectivity index (χ2n) is 5.83. The Balaban J connectivity index is 2.15. The first-order valence-electron chi connectivity index (χ1n) is 8.13. The van der Waals surface area contributed by atoms with Crippen molar-refractivity contribution in [2.75, 3.05) is 13.7 Å². The number of methoxy groups -OCH3 is 1. The highest BCUT2D eigenvalue weighted by atomic mass is 16.5. The van der Waals surface area contributed by atoms with Gasteiger partial charge in [0.25, 0.3) is 0 Å². The molecular weight excluding hydrogens is 298 g/mol. The fourth-order valence-corrected chi connectivity index (χ4v) is 3.01. The quantitative estimate of drug-likeness (QED) is 0.890. The lowest BCUT2D eigenvalue weighted by Crippen LogP contribution is -2.21. The van der Waals surface area contributed by atoms with Gasteiger partial charge in [0.2, 0.25) is 0 Å². The summed E-state index contributed by atoms with van der Waals surface area (Å²) in [6, 6.07) is 9.76. The van der Waals surface area contributed by atoms with Crippen molar-refractivity contribution in [2.45, 2.75) is 19.8 Å². The van der Waals surface area contributed by atoms with E-state index < -0.39 is 0 Å². The summed E-state index contributed by atoms with van der Waals surface area (Å²) in [5, 5.41) is 9.25. The van der Waals surface area contributed by atoms with Gasteiger partial charge in [0, 0.05) is 35.6 Å². The SMILES string of the molecule is C=C1c2[nH]ccc2C(c2cc(C#N)ccc2OC)=CN1CCCC. The van der Waals surface area contributed by atoms with Crippen LogP contribution < -0.4 is 4.74 Å². The van der Waals surface area contributed by atoms with Crippen molar-refractivity contribution in [3.8, 4) is 11.8 Å². The Morgan fingerprint density at radius 2 is 2.12 bits per heavy atom. The Labute approximate surface area is 142 Å². The average Bonchev–Trinajstić information content (AvgIpc) is 3.11. The third-order valence-corrected chi connectivity index (χ3v) is 4.33. The number of rotatable bonds is 5. The molecule has 0 unspecified atom stereocenters. The minimum absolute atomic E-state index is 0.619. The third kappa shape index (κ3) is 2.69. The van der Waals surface area contributed by atoms with E-state index in [0.29, 0.717) is 5.56 Å². The molecule has 0 aliphatic carbocycles. The molecule has 4 nitrogen and oxygen atoms in total. The Kier molecular flexibility index (Phi) is 4.43. The molecule has 0 radical (unpaired) electrons. The number of H-pyrrole nitrogens is 1. The summed E-state index contributed by atoms with van der Waals surface area (Å²) in [7, 11) is 1.65. The molecule has 0 saturated carbocycles. The van der Waals surface area contributed by atoms with Gasteiger partial charge >= 0.3 is 0 Å². The lowest BCUT2D eigenvalue weighted by Gasteiger charge is -2.29. The number of ether oxygens (including phenoxy) is 1. The van der Waals surface area contributed by atoms with E-state index in [0.717, 1.165) is 53.2 Å². The highest BCUT2D eigenvalue weighted by molar-refractivity contribution is 5.91. The molecule has 2 aromatic rings. The van der Waals surface area contributed by atoms with Gasteiger partial charge in [0.15, 0.2) is 0 Å². The number of nitrogens with zero attached hydrogens (tertiary/aromatic N) is 2. The van der Waals surface area contributed by atoms with Crippen LogP contribution in [0.25, 0.3) is 11.3 Å². The van der Waals surface area contributed by atoms with Gasteiger partial charge in [-0.15, -0.1) is 0 Å². The molecule has 0 atom stereocenters. The van der Waals surface area contributed by atoms with E-state index in [1.165, 1.54) is 0 Å². The van der Waals surface area contributed by atoms with Crippen molar-refractivity contribution in [1.82, 2.24) is 9.88 Å².